The number of hydrogen-bond donors (Lipinski definition) is 1. The second-order valence-electron chi connectivity index (χ2n) is 5.56. The van der Waals surface area contributed by atoms with Gasteiger partial charge in [-0.05, 0) is 44.2 Å². The molecule has 1 aliphatic heterocycles. The molecular formula is C15H23N3. The molecule has 0 spiro atoms. The van der Waals surface area contributed by atoms with Crippen LogP contribution in [0.2, 0.25) is 0 Å². The lowest BCUT2D eigenvalue weighted by Gasteiger charge is -2.26. The second-order valence-corrected chi connectivity index (χ2v) is 5.56. The number of pyridine rings is 1. The quantitative estimate of drug-likeness (QED) is 0.864. The molecule has 3 nitrogen and oxygen atoms in total. The minimum atomic E-state index is 0.733. The van der Waals surface area contributed by atoms with E-state index in [1.807, 2.05) is 6.20 Å². The van der Waals surface area contributed by atoms with E-state index in [1.165, 1.54) is 50.0 Å². The topological polar surface area (TPSA) is 28.2 Å². The van der Waals surface area contributed by atoms with Gasteiger partial charge in [0.25, 0.3) is 0 Å². The number of hydrogen-bond acceptors (Lipinski definition) is 3. The molecule has 1 unspecified atom stereocenters. The Labute approximate surface area is 110 Å². The summed E-state index contributed by atoms with van der Waals surface area (Å²) in [6.07, 6.45) is 8.56. The van der Waals surface area contributed by atoms with E-state index in [2.05, 4.69) is 34.3 Å². The Balaban J connectivity index is 1.68. The van der Waals surface area contributed by atoms with Gasteiger partial charge in [-0.2, -0.15) is 0 Å². The number of rotatable bonds is 5. The van der Waals surface area contributed by atoms with Crippen LogP contribution in [0.3, 0.4) is 0 Å². The van der Waals surface area contributed by atoms with Crippen molar-refractivity contribution in [1.82, 2.24) is 10.3 Å². The number of nitrogens with zero attached hydrogens (tertiary/aromatic N) is 2. The van der Waals surface area contributed by atoms with Crippen LogP contribution in [-0.2, 0) is 6.54 Å². The van der Waals surface area contributed by atoms with E-state index < -0.39 is 0 Å². The van der Waals surface area contributed by atoms with Crippen molar-refractivity contribution in [3.63, 3.8) is 0 Å². The molecule has 0 bridgehead atoms. The van der Waals surface area contributed by atoms with Crippen LogP contribution >= 0.6 is 0 Å². The fourth-order valence-corrected chi connectivity index (χ4v) is 2.88. The van der Waals surface area contributed by atoms with Crippen LogP contribution in [0, 0.1) is 0 Å². The van der Waals surface area contributed by atoms with Gasteiger partial charge in [0.05, 0.1) is 5.69 Å². The minimum absolute atomic E-state index is 0.733. The Morgan fingerprint density at radius 2 is 2.28 bits per heavy atom. The van der Waals surface area contributed by atoms with Crippen molar-refractivity contribution < 1.29 is 0 Å². The Morgan fingerprint density at radius 3 is 3.06 bits per heavy atom. The molecule has 1 atom stereocenters. The van der Waals surface area contributed by atoms with Crippen LogP contribution in [-0.4, -0.2) is 23.6 Å². The zero-order valence-corrected chi connectivity index (χ0v) is 11.2. The van der Waals surface area contributed by atoms with Gasteiger partial charge in [0.15, 0.2) is 0 Å². The van der Waals surface area contributed by atoms with Crippen molar-refractivity contribution in [1.29, 1.82) is 0 Å². The third-order valence-corrected chi connectivity index (χ3v) is 4.13. The zero-order valence-electron chi connectivity index (χ0n) is 11.2. The largest absolute Gasteiger partial charge is 0.368 e. The molecule has 1 saturated carbocycles. The smallest absolute Gasteiger partial charge is 0.0562 e. The number of aromatic nitrogens is 1. The molecule has 1 saturated heterocycles. The lowest BCUT2D eigenvalue weighted by molar-refractivity contribution is 0.642. The lowest BCUT2D eigenvalue weighted by atomic mass is 10.1. The summed E-state index contributed by atoms with van der Waals surface area (Å²) in [5, 5.41) is 3.53. The van der Waals surface area contributed by atoms with Gasteiger partial charge in [-0.15, -0.1) is 0 Å². The minimum Gasteiger partial charge on any atom is -0.368 e. The van der Waals surface area contributed by atoms with Gasteiger partial charge < -0.3 is 10.2 Å². The van der Waals surface area contributed by atoms with Crippen molar-refractivity contribution >= 4 is 5.69 Å². The number of anilines is 1. The fraction of sp³-hybridized carbons (Fsp3) is 0.667. The summed E-state index contributed by atoms with van der Waals surface area (Å²) in [5.74, 6) is 0. The van der Waals surface area contributed by atoms with Gasteiger partial charge in [0.2, 0.25) is 0 Å². The molecule has 1 aromatic rings. The molecule has 0 aromatic carbocycles. The summed E-state index contributed by atoms with van der Waals surface area (Å²) < 4.78 is 0. The highest BCUT2D eigenvalue weighted by Gasteiger charge is 2.23. The molecule has 98 valence electrons. The first-order valence-electron chi connectivity index (χ1n) is 7.32. The average molecular weight is 245 g/mol. The summed E-state index contributed by atoms with van der Waals surface area (Å²) in [4.78, 5) is 7.03. The summed E-state index contributed by atoms with van der Waals surface area (Å²) in [6, 6.07) is 5.92. The summed E-state index contributed by atoms with van der Waals surface area (Å²) in [7, 11) is 0. The molecule has 3 heteroatoms. The normalized spacial score (nSPS) is 23.6. The maximum Gasteiger partial charge on any atom is 0.0562 e. The summed E-state index contributed by atoms with van der Waals surface area (Å²) in [6.45, 7) is 4.42. The maximum absolute atomic E-state index is 4.47. The van der Waals surface area contributed by atoms with Crippen molar-refractivity contribution in [2.45, 2.75) is 57.7 Å². The molecule has 0 radical (unpaired) electrons. The first-order chi connectivity index (χ1) is 8.86. The Kier molecular flexibility index (Phi) is 3.50. The van der Waals surface area contributed by atoms with Gasteiger partial charge in [-0.1, -0.05) is 6.92 Å². The Hall–Kier alpha value is -1.09. The molecule has 2 fully saturated rings. The van der Waals surface area contributed by atoms with Crippen LogP contribution in [0.15, 0.2) is 18.3 Å². The molecular weight excluding hydrogens is 222 g/mol. The highest BCUT2D eigenvalue weighted by molar-refractivity contribution is 5.48. The van der Waals surface area contributed by atoms with Gasteiger partial charge in [0, 0.05) is 37.1 Å². The van der Waals surface area contributed by atoms with E-state index in [-0.39, 0.29) is 0 Å². The van der Waals surface area contributed by atoms with Gasteiger partial charge in [-0.25, -0.2) is 0 Å². The SMILES string of the molecule is CCC1CCCN1c1ccnc(CNC2CC2)c1. The summed E-state index contributed by atoms with van der Waals surface area (Å²) in [5.41, 5.74) is 2.54. The van der Waals surface area contributed by atoms with E-state index in [4.69, 9.17) is 0 Å². The fourth-order valence-electron chi connectivity index (χ4n) is 2.88. The van der Waals surface area contributed by atoms with Crippen LogP contribution in [0.4, 0.5) is 5.69 Å². The van der Waals surface area contributed by atoms with E-state index in [0.717, 1.165) is 18.6 Å². The van der Waals surface area contributed by atoms with Crippen molar-refractivity contribution in [3.05, 3.63) is 24.0 Å². The zero-order chi connectivity index (χ0) is 12.4. The second kappa shape index (κ2) is 5.27. The first-order valence-corrected chi connectivity index (χ1v) is 7.32. The third-order valence-electron chi connectivity index (χ3n) is 4.13. The van der Waals surface area contributed by atoms with Crippen molar-refractivity contribution in [3.8, 4) is 0 Å². The molecule has 2 aliphatic rings. The highest BCUT2D eigenvalue weighted by atomic mass is 15.2. The Bertz CT molecular complexity index is 400. The van der Waals surface area contributed by atoms with Crippen LogP contribution in [0.1, 0.15) is 44.7 Å². The lowest BCUT2D eigenvalue weighted by Crippen LogP contribution is -2.28. The molecule has 0 amide bonds. The molecule has 18 heavy (non-hydrogen) atoms. The molecule has 2 heterocycles. The molecule has 1 aromatic heterocycles. The average Bonchev–Trinajstić information content (AvgIpc) is 3.12. The van der Waals surface area contributed by atoms with E-state index in [9.17, 15) is 0 Å². The van der Waals surface area contributed by atoms with E-state index in [0.29, 0.717) is 0 Å². The Morgan fingerprint density at radius 1 is 1.39 bits per heavy atom. The predicted molar refractivity (Wildman–Crippen MR) is 74.8 cm³/mol. The summed E-state index contributed by atoms with van der Waals surface area (Å²) >= 11 is 0. The van der Waals surface area contributed by atoms with E-state index in [1.54, 1.807) is 0 Å². The van der Waals surface area contributed by atoms with Crippen LogP contribution in [0.25, 0.3) is 0 Å². The first kappa shape index (κ1) is 12.0. The van der Waals surface area contributed by atoms with Crippen LogP contribution in [0.5, 0.6) is 0 Å². The standard InChI is InChI=1S/C15H23N3/c1-2-14-4-3-9-18(14)15-7-8-16-13(10-15)11-17-12-5-6-12/h7-8,10,12,14,17H,2-6,9,11H2,1H3. The van der Waals surface area contributed by atoms with Gasteiger partial charge in [0.1, 0.15) is 0 Å². The molecule has 1 N–H and O–H groups in total. The van der Waals surface area contributed by atoms with Gasteiger partial charge in [-0.3, -0.25) is 4.98 Å². The number of nitrogens with one attached hydrogen (secondary N) is 1. The predicted octanol–water partition coefficient (Wildman–Crippen LogP) is 2.71. The van der Waals surface area contributed by atoms with E-state index >= 15 is 0 Å². The van der Waals surface area contributed by atoms with Crippen LogP contribution < -0.4 is 10.2 Å². The third kappa shape index (κ3) is 2.66. The van der Waals surface area contributed by atoms with Gasteiger partial charge >= 0.3 is 0 Å². The molecule has 3 rings (SSSR count). The monoisotopic (exact) mass is 245 g/mol. The maximum atomic E-state index is 4.47. The van der Waals surface area contributed by atoms with Crippen molar-refractivity contribution in [2.24, 2.45) is 0 Å². The highest BCUT2D eigenvalue weighted by Crippen LogP contribution is 2.27. The van der Waals surface area contributed by atoms with Crippen molar-refractivity contribution in [2.75, 3.05) is 11.4 Å². The molecule has 1 aliphatic carbocycles.